The number of hydrogen-bond donors (Lipinski definition) is 3. The summed E-state index contributed by atoms with van der Waals surface area (Å²) in [6, 6.07) is 12.1. The molecule has 0 aliphatic carbocycles. The van der Waals surface area contributed by atoms with E-state index >= 15 is 0 Å². The number of benzene rings is 2. The van der Waals surface area contributed by atoms with E-state index in [9.17, 15) is 20.0 Å². The predicted octanol–water partition coefficient (Wildman–Crippen LogP) is 3.06. The van der Waals surface area contributed by atoms with E-state index < -0.39 is 16.9 Å². The molecule has 8 heteroatoms. The highest BCUT2D eigenvalue weighted by Gasteiger charge is 2.24. The molecule has 1 unspecified atom stereocenters. The van der Waals surface area contributed by atoms with Crippen molar-refractivity contribution in [1.82, 2.24) is 4.98 Å². The SMILES string of the molecule is N#Cc1ccc(NC(Cc2c[nH]c3ccccc23)C(=O)O)c([N+](=O)[O-])c1. The topological polar surface area (TPSA) is 132 Å². The molecule has 0 fully saturated rings. The summed E-state index contributed by atoms with van der Waals surface area (Å²) in [5, 5.41) is 33.3. The quantitative estimate of drug-likeness (QED) is 0.462. The average molecular weight is 350 g/mol. The Kier molecular flexibility index (Phi) is 4.53. The number of nitro benzene ring substituents is 1. The highest BCUT2D eigenvalue weighted by molar-refractivity contribution is 5.85. The molecule has 0 saturated carbocycles. The number of nitrogens with zero attached hydrogens (tertiary/aromatic N) is 2. The minimum Gasteiger partial charge on any atom is -0.480 e. The lowest BCUT2D eigenvalue weighted by Crippen LogP contribution is -2.31. The van der Waals surface area contributed by atoms with E-state index in [4.69, 9.17) is 5.26 Å². The first-order valence-electron chi connectivity index (χ1n) is 7.72. The largest absolute Gasteiger partial charge is 0.480 e. The monoisotopic (exact) mass is 350 g/mol. The van der Waals surface area contributed by atoms with Crippen molar-refractivity contribution < 1.29 is 14.8 Å². The summed E-state index contributed by atoms with van der Waals surface area (Å²) in [6.07, 6.45) is 1.87. The Bertz CT molecular complexity index is 1040. The number of nitrogens with one attached hydrogen (secondary N) is 2. The maximum atomic E-state index is 11.7. The van der Waals surface area contributed by atoms with Crippen molar-refractivity contribution in [3.63, 3.8) is 0 Å². The summed E-state index contributed by atoms with van der Waals surface area (Å²) in [5.41, 5.74) is 1.52. The number of anilines is 1. The summed E-state index contributed by atoms with van der Waals surface area (Å²) in [6.45, 7) is 0. The molecule has 3 aromatic rings. The van der Waals surface area contributed by atoms with Gasteiger partial charge in [0.15, 0.2) is 0 Å². The van der Waals surface area contributed by atoms with Crippen LogP contribution < -0.4 is 5.32 Å². The van der Waals surface area contributed by atoms with Crippen molar-refractivity contribution in [1.29, 1.82) is 5.26 Å². The lowest BCUT2D eigenvalue weighted by Gasteiger charge is -2.15. The fraction of sp³-hybridized carbons (Fsp3) is 0.111. The van der Waals surface area contributed by atoms with Gasteiger partial charge in [0.25, 0.3) is 5.69 Å². The van der Waals surface area contributed by atoms with Crippen LogP contribution in [0.2, 0.25) is 0 Å². The Morgan fingerprint density at radius 1 is 1.35 bits per heavy atom. The van der Waals surface area contributed by atoms with Gasteiger partial charge in [0, 0.05) is 29.6 Å². The Labute approximate surface area is 147 Å². The molecule has 0 saturated heterocycles. The Hall–Kier alpha value is -3.86. The molecule has 0 aliphatic heterocycles. The number of hydrogen-bond acceptors (Lipinski definition) is 5. The van der Waals surface area contributed by atoms with Crippen molar-refractivity contribution in [2.75, 3.05) is 5.32 Å². The molecule has 1 heterocycles. The first kappa shape index (κ1) is 17.0. The van der Waals surface area contributed by atoms with E-state index in [1.54, 1.807) is 6.20 Å². The zero-order chi connectivity index (χ0) is 18.7. The molecule has 3 N–H and O–H groups in total. The molecule has 8 nitrogen and oxygen atoms in total. The van der Waals surface area contributed by atoms with E-state index in [0.29, 0.717) is 0 Å². The van der Waals surface area contributed by atoms with Crippen molar-refractivity contribution in [3.8, 4) is 6.07 Å². The minimum atomic E-state index is -1.13. The maximum absolute atomic E-state index is 11.7. The summed E-state index contributed by atoms with van der Waals surface area (Å²) < 4.78 is 0. The first-order valence-corrected chi connectivity index (χ1v) is 7.72. The Balaban J connectivity index is 1.92. The first-order chi connectivity index (χ1) is 12.5. The fourth-order valence-corrected chi connectivity index (χ4v) is 2.78. The second-order valence-electron chi connectivity index (χ2n) is 5.70. The van der Waals surface area contributed by atoms with E-state index in [1.165, 1.54) is 12.1 Å². The van der Waals surface area contributed by atoms with Crippen LogP contribution in [0.3, 0.4) is 0 Å². The highest BCUT2D eigenvalue weighted by atomic mass is 16.6. The number of H-pyrrole nitrogens is 1. The van der Waals surface area contributed by atoms with Crippen molar-refractivity contribution in [3.05, 3.63) is 69.9 Å². The molecular formula is C18H14N4O4. The molecule has 1 atom stereocenters. The molecule has 0 bridgehead atoms. The Morgan fingerprint density at radius 3 is 2.81 bits per heavy atom. The fourth-order valence-electron chi connectivity index (χ4n) is 2.78. The average Bonchev–Trinajstić information content (AvgIpc) is 3.04. The van der Waals surface area contributed by atoms with Gasteiger partial charge in [0.2, 0.25) is 0 Å². The van der Waals surface area contributed by atoms with Gasteiger partial charge in [-0.3, -0.25) is 10.1 Å². The number of para-hydroxylation sites is 1. The molecule has 2 aromatic carbocycles. The van der Waals surface area contributed by atoms with Gasteiger partial charge < -0.3 is 15.4 Å². The Morgan fingerprint density at radius 2 is 2.12 bits per heavy atom. The minimum absolute atomic E-state index is 0.0567. The summed E-state index contributed by atoms with van der Waals surface area (Å²) in [7, 11) is 0. The van der Waals surface area contributed by atoms with Crippen LogP contribution in [0, 0.1) is 21.4 Å². The molecule has 1 aromatic heterocycles. The molecule has 3 rings (SSSR count). The van der Waals surface area contributed by atoms with Crippen LogP contribution in [-0.2, 0) is 11.2 Å². The number of aromatic amines is 1. The van der Waals surface area contributed by atoms with Gasteiger partial charge >= 0.3 is 5.97 Å². The molecule has 0 radical (unpaired) electrons. The molecule has 130 valence electrons. The summed E-state index contributed by atoms with van der Waals surface area (Å²) >= 11 is 0. The number of rotatable bonds is 6. The van der Waals surface area contributed by atoms with Crippen LogP contribution in [0.5, 0.6) is 0 Å². The second kappa shape index (κ2) is 6.94. The summed E-state index contributed by atoms with van der Waals surface area (Å²) in [5.74, 6) is -1.13. The van der Waals surface area contributed by atoms with Gasteiger partial charge in [-0.25, -0.2) is 4.79 Å². The van der Waals surface area contributed by atoms with Crippen LogP contribution >= 0.6 is 0 Å². The lowest BCUT2D eigenvalue weighted by molar-refractivity contribution is -0.384. The van der Waals surface area contributed by atoms with Crippen molar-refractivity contribution >= 4 is 28.2 Å². The summed E-state index contributed by atoms with van der Waals surface area (Å²) in [4.78, 5) is 25.3. The van der Waals surface area contributed by atoms with Crippen molar-refractivity contribution in [2.45, 2.75) is 12.5 Å². The molecular weight excluding hydrogens is 336 g/mol. The van der Waals surface area contributed by atoms with Crippen LogP contribution in [-0.4, -0.2) is 27.0 Å². The lowest BCUT2D eigenvalue weighted by atomic mass is 10.0. The van der Waals surface area contributed by atoms with Gasteiger partial charge in [-0.1, -0.05) is 18.2 Å². The maximum Gasteiger partial charge on any atom is 0.326 e. The third kappa shape index (κ3) is 3.32. The van der Waals surface area contributed by atoms with E-state index in [1.807, 2.05) is 30.3 Å². The van der Waals surface area contributed by atoms with Crippen LogP contribution in [0.25, 0.3) is 10.9 Å². The third-order valence-electron chi connectivity index (χ3n) is 4.05. The third-order valence-corrected chi connectivity index (χ3v) is 4.05. The number of nitro groups is 1. The molecule has 26 heavy (non-hydrogen) atoms. The number of aliphatic carboxylic acids is 1. The van der Waals surface area contributed by atoms with Crippen LogP contribution in [0.15, 0.2) is 48.7 Å². The molecule has 0 spiro atoms. The number of nitriles is 1. The standard InChI is InChI=1S/C18H14N4O4/c19-9-11-5-6-15(17(7-11)22(25)26)21-16(18(23)24)8-12-10-20-14-4-2-1-3-13(12)14/h1-7,10,16,20-21H,8H2,(H,23,24). The van der Waals surface area contributed by atoms with E-state index in [0.717, 1.165) is 22.5 Å². The number of carboxylic acids is 1. The van der Waals surface area contributed by atoms with Crippen molar-refractivity contribution in [2.24, 2.45) is 0 Å². The zero-order valence-electron chi connectivity index (χ0n) is 13.5. The number of carboxylic acid groups (broad SMARTS) is 1. The zero-order valence-corrected chi connectivity index (χ0v) is 13.5. The van der Waals surface area contributed by atoms with E-state index in [2.05, 4.69) is 10.3 Å². The highest BCUT2D eigenvalue weighted by Crippen LogP contribution is 2.27. The molecule has 0 amide bonds. The van der Waals surface area contributed by atoms with Crippen LogP contribution in [0.1, 0.15) is 11.1 Å². The second-order valence-corrected chi connectivity index (χ2v) is 5.70. The van der Waals surface area contributed by atoms with Gasteiger partial charge in [-0.05, 0) is 23.8 Å². The predicted molar refractivity (Wildman–Crippen MR) is 94.9 cm³/mol. The van der Waals surface area contributed by atoms with Gasteiger partial charge in [-0.15, -0.1) is 0 Å². The number of carbonyl (C=O) groups is 1. The van der Waals surface area contributed by atoms with Crippen LogP contribution in [0.4, 0.5) is 11.4 Å². The van der Waals surface area contributed by atoms with Gasteiger partial charge in [0.05, 0.1) is 16.6 Å². The smallest absolute Gasteiger partial charge is 0.326 e. The van der Waals surface area contributed by atoms with E-state index in [-0.39, 0.29) is 23.4 Å². The molecule has 0 aliphatic rings. The van der Waals surface area contributed by atoms with Gasteiger partial charge in [0.1, 0.15) is 11.7 Å². The normalized spacial score (nSPS) is 11.7. The number of aromatic nitrogens is 1. The van der Waals surface area contributed by atoms with Gasteiger partial charge in [-0.2, -0.15) is 5.26 Å². The number of fused-ring (bicyclic) bond motifs is 1.